The molecule has 0 saturated carbocycles. The average Bonchev–Trinajstić information content (AvgIpc) is 2.76. The lowest BCUT2D eigenvalue weighted by Gasteiger charge is -2.22. The molecule has 6 nitrogen and oxygen atoms in total. The number of likely N-dealkylation sites (N-methyl/N-ethyl adjacent to an activating group) is 2. The van der Waals surface area contributed by atoms with Gasteiger partial charge in [0.15, 0.2) is 5.69 Å². The van der Waals surface area contributed by atoms with E-state index in [1.807, 2.05) is 13.8 Å². The first-order valence-electron chi connectivity index (χ1n) is 5.96. The lowest BCUT2D eigenvalue weighted by atomic mass is 10.3. The van der Waals surface area contributed by atoms with Gasteiger partial charge in [-0.25, -0.2) is 0 Å². The third-order valence-corrected chi connectivity index (χ3v) is 2.68. The molecule has 1 aromatic rings. The van der Waals surface area contributed by atoms with Gasteiger partial charge in [-0.15, -0.1) is 0 Å². The Bertz CT molecular complexity index is 424. The first-order chi connectivity index (χ1) is 8.49. The number of hydrogen-bond acceptors (Lipinski definition) is 4. The average molecular weight is 253 g/mol. The second kappa shape index (κ2) is 6.18. The summed E-state index contributed by atoms with van der Waals surface area (Å²) in [6, 6.07) is 1.56. The fraction of sp³-hybridized carbons (Fsp3) is 0.583. The highest BCUT2D eigenvalue weighted by molar-refractivity contribution is 5.94. The highest BCUT2D eigenvalue weighted by atomic mass is 16.5. The van der Waals surface area contributed by atoms with E-state index in [-0.39, 0.29) is 24.1 Å². The van der Waals surface area contributed by atoms with E-state index in [1.54, 1.807) is 24.9 Å². The Hall–Kier alpha value is -1.85. The quantitative estimate of drug-likeness (QED) is 0.782. The van der Waals surface area contributed by atoms with Crippen LogP contribution >= 0.6 is 0 Å². The van der Waals surface area contributed by atoms with Crippen molar-refractivity contribution in [2.75, 3.05) is 26.7 Å². The van der Waals surface area contributed by atoms with Crippen molar-refractivity contribution in [3.05, 3.63) is 17.5 Å². The van der Waals surface area contributed by atoms with Gasteiger partial charge in [0, 0.05) is 26.2 Å². The second-order valence-corrected chi connectivity index (χ2v) is 4.05. The van der Waals surface area contributed by atoms with Crippen LogP contribution in [0.25, 0.3) is 0 Å². The molecule has 0 atom stereocenters. The Morgan fingerprint density at radius 1 is 1.33 bits per heavy atom. The normalized spacial score (nSPS) is 10.2. The van der Waals surface area contributed by atoms with E-state index < -0.39 is 0 Å². The van der Waals surface area contributed by atoms with Crippen molar-refractivity contribution in [1.29, 1.82) is 0 Å². The first-order valence-corrected chi connectivity index (χ1v) is 5.96. The topological polar surface area (TPSA) is 66.7 Å². The molecular formula is C12H19N3O3. The van der Waals surface area contributed by atoms with Gasteiger partial charge in [-0.1, -0.05) is 5.16 Å². The fourth-order valence-corrected chi connectivity index (χ4v) is 1.61. The molecule has 0 fully saturated rings. The second-order valence-electron chi connectivity index (χ2n) is 4.05. The molecule has 0 aromatic carbocycles. The molecule has 0 spiro atoms. The Labute approximate surface area is 107 Å². The van der Waals surface area contributed by atoms with Gasteiger partial charge < -0.3 is 14.3 Å². The summed E-state index contributed by atoms with van der Waals surface area (Å²) in [4.78, 5) is 26.8. The van der Waals surface area contributed by atoms with Gasteiger partial charge in [-0.05, 0) is 20.8 Å². The van der Waals surface area contributed by atoms with E-state index in [0.717, 1.165) is 0 Å². The molecule has 0 aliphatic rings. The molecule has 100 valence electrons. The first kappa shape index (κ1) is 14.2. The SMILES string of the molecule is CCN(CC)C(=O)CN(C)C(=O)c1cc(C)on1. The summed E-state index contributed by atoms with van der Waals surface area (Å²) in [5.74, 6) is 0.185. The predicted octanol–water partition coefficient (Wildman–Crippen LogP) is 0.923. The van der Waals surface area contributed by atoms with Gasteiger partial charge >= 0.3 is 0 Å². The van der Waals surface area contributed by atoms with Crippen LogP contribution in [0.4, 0.5) is 0 Å². The molecule has 1 heterocycles. The molecule has 1 rings (SSSR count). The lowest BCUT2D eigenvalue weighted by Crippen LogP contribution is -2.41. The third kappa shape index (κ3) is 3.32. The number of carbonyl (C=O) groups excluding carboxylic acids is 2. The minimum atomic E-state index is -0.313. The largest absolute Gasteiger partial charge is 0.361 e. The van der Waals surface area contributed by atoms with Crippen molar-refractivity contribution in [2.24, 2.45) is 0 Å². The summed E-state index contributed by atoms with van der Waals surface area (Å²) in [6.07, 6.45) is 0. The van der Waals surface area contributed by atoms with Gasteiger partial charge in [-0.2, -0.15) is 0 Å². The zero-order valence-corrected chi connectivity index (χ0v) is 11.3. The highest BCUT2D eigenvalue weighted by Gasteiger charge is 2.20. The van der Waals surface area contributed by atoms with Crippen molar-refractivity contribution in [3.8, 4) is 0 Å². The molecule has 2 amide bonds. The maximum absolute atomic E-state index is 11.9. The predicted molar refractivity (Wildman–Crippen MR) is 66.1 cm³/mol. The molecule has 0 N–H and O–H groups in total. The van der Waals surface area contributed by atoms with E-state index in [9.17, 15) is 9.59 Å². The summed E-state index contributed by atoms with van der Waals surface area (Å²) in [5.41, 5.74) is 0.224. The number of nitrogens with zero attached hydrogens (tertiary/aromatic N) is 3. The van der Waals surface area contributed by atoms with Crippen molar-refractivity contribution in [3.63, 3.8) is 0 Å². The van der Waals surface area contributed by atoms with Crippen LogP contribution in [-0.4, -0.2) is 53.5 Å². The molecule has 1 aromatic heterocycles. The zero-order valence-electron chi connectivity index (χ0n) is 11.3. The van der Waals surface area contributed by atoms with E-state index in [2.05, 4.69) is 5.16 Å². The van der Waals surface area contributed by atoms with Crippen LogP contribution in [0, 0.1) is 6.92 Å². The minimum absolute atomic E-state index is 0.0480. The van der Waals surface area contributed by atoms with E-state index >= 15 is 0 Å². The molecule has 0 aliphatic carbocycles. The van der Waals surface area contributed by atoms with Crippen LogP contribution in [0.5, 0.6) is 0 Å². The van der Waals surface area contributed by atoms with E-state index in [1.165, 1.54) is 4.90 Å². The van der Waals surface area contributed by atoms with Crippen molar-refractivity contribution < 1.29 is 14.1 Å². The third-order valence-electron chi connectivity index (χ3n) is 2.68. The summed E-state index contributed by atoms with van der Waals surface area (Å²) in [5, 5.41) is 3.64. The maximum Gasteiger partial charge on any atom is 0.276 e. The van der Waals surface area contributed by atoms with Gasteiger partial charge in [0.05, 0.1) is 6.54 Å². The number of aryl methyl sites for hydroxylation is 1. The number of amides is 2. The van der Waals surface area contributed by atoms with Crippen LogP contribution in [0.1, 0.15) is 30.1 Å². The molecule has 0 bridgehead atoms. The standard InChI is InChI=1S/C12H19N3O3/c1-5-15(6-2)11(16)8-14(4)12(17)10-7-9(3)18-13-10/h7H,5-6,8H2,1-4H3. The monoisotopic (exact) mass is 253 g/mol. The van der Waals surface area contributed by atoms with E-state index in [0.29, 0.717) is 18.8 Å². The summed E-state index contributed by atoms with van der Waals surface area (Å²) >= 11 is 0. The number of carbonyl (C=O) groups is 2. The van der Waals surface area contributed by atoms with Crippen LogP contribution in [0.3, 0.4) is 0 Å². The Morgan fingerprint density at radius 3 is 2.39 bits per heavy atom. The Kier molecular flexibility index (Phi) is 4.88. The van der Waals surface area contributed by atoms with Crippen molar-refractivity contribution in [1.82, 2.24) is 15.0 Å². The molecule has 18 heavy (non-hydrogen) atoms. The number of hydrogen-bond donors (Lipinski definition) is 0. The van der Waals surface area contributed by atoms with Gasteiger partial charge in [0.2, 0.25) is 5.91 Å². The molecule has 0 unspecified atom stereocenters. The molecule has 0 radical (unpaired) electrons. The van der Waals surface area contributed by atoms with Crippen LogP contribution in [-0.2, 0) is 4.79 Å². The van der Waals surface area contributed by atoms with Crippen molar-refractivity contribution in [2.45, 2.75) is 20.8 Å². The number of rotatable bonds is 5. The summed E-state index contributed by atoms with van der Waals surface area (Å²) in [7, 11) is 1.58. The maximum atomic E-state index is 11.9. The van der Waals surface area contributed by atoms with Crippen molar-refractivity contribution >= 4 is 11.8 Å². The van der Waals surface area contributed by atoms with Crippen LogP contribution in [0.2, 0.25) is 0 Å². The molecular weight excluding hydrogens is 234 g/mol. The fourth-order valence-electron chi connectivity index (χ4n) is 1.61. The summed E-state index contributed by atoms with van der Waals surface area (Å²) in [6.45, 7) is 6.85. The zero-order chi connectivity index (χ0) is 13.7. The smallest absolute Gasteiger partial charge is 0.276 e. The molecule has 0 saturated heterocycles. The van der Waals surface area contributed by atoms with E-state index in [4.69, 9.17) is 4.52 Å². The lowest BCUT2D eigenvalue weighted by molar-refractivity contribution is -0.131. The van der Waals surface area contributed by atoms with Crippen LogP contribution < -0.4 is 0 Å². The number of aromatic nitrogens is 1. The Balaban J connectivity index is 2.63. The molecule has 6 heteroatoms. The van der Waals surface area contributed by atoms with Gasteiger partial charge in [-0.3, -0.25) is 9.59 Å². The Morgan fingerprint density at radius 2 is 1.94 bits per heavy atom. The molecule has 0 aliphatic heterocycles. The minimum Gasteiger partial charge on any atom is -0.361 e. The summed E-state index contributed by atoms with van der Waals surface area (Å²) < 4.78 is 4.84. The van der Waals surface area contributed by atoms with Gasteiger partial charge in [0.1, 0.15) is 5.76 Å². The highest BCUT2D eigenvalue weighted by Crippen LogP contribution is 2.05. The van der Waals surface area contributed by atoms with Gasteiger partial charge in [0.25, 0.3) is 5.91 Å². The van der Waals surface area contributed by atoms with Crippen LogP contribution in [0.15, 0.2) is 10.6 Å².